The van der Waals surface area contributed by atoms with Crippen molar-refractivity contribution in [1.82, 2.24) is 5.32 Å². The summed E-state index contributed by atoms with van der Waals surface area (Å²) in [6.07, 6.45) is 1.06. The van der Waals surface area contributed by atoms with Crippen molar-refractivity contribution >= 4 is 12.2 Å². The Morgan fingerprint density at radius 2 is 2.11 bits per heavy atom. The fourth-order valence-corrected chi connectivity index (χ4v) is 1.58. The lowest BCUT2D eigenvalue weighted by Gasteiger charge is -2.22. The number of ether oxygens (including phenoxy) is 1. The van der Waals surface area contributed by atoms with E-state index in [9.17, 15) is 9.18 Å². The molecule has 1 aromatic rings. The SMILES string of the molecule is C=Cc1ccc(F)c(C(C)NC(=O)OC(C)(C)C)c1. The fraction of sp³-hybridized carbons (Fsp3) is 0.400. The van der Waals surface area contributed by atoms with Crippen LogP contribution in [-0.2, 0) is 4.74 Å². The predicted molar refractivity (Wildman–Crippen MR) is 74.3 cm³/mol. The van der Waals surface area contributed by atoms with E-state index in [1.54, 1.807) is 45.9 Å². The number of rotatable bonds is 3. The molecule has 4 heteroatoms. The first-order valence-electron chi connectivity index (χ1n) is 6.14. The minimum absolute atomic E-state index is 0.367. The van der Waals surface area contributed by atoms with Crippen LogP contribution in [0.3, 0.4) is 0 Å². The van der Waals surface area contributed by atoms with Gasteiger partial charge in [0.1, 0.15) is 11.4 Å². The molecule has 1 amide bonds. The number of carbonyl (C=O) groups excluding carboxylic acids is 1. The van der Waals surface area contributed by atoms with Crippen molar-refractivity contribution in [2.45, 2.75) is 39.3 Å². The van der Waals surface area contributed by atoms with Crippen molar-refractivity contribution in [3.63, 3.8) is 0 Å². The fourth-order valence-electron chi connectivity index (χ4n) is 1.58. The van der Waals surface area contributed by atoms with Crippen LogP contribution < -0.4 is 5.32 Å². The van der Waals surface area contributed by atoms with Gasteiger partial charge in [0.15, 0.2) is 0 Å². The summed E-state index contributed by atoms with van der Waals surface area (Å²) in [5, 5.41) is 2.61. The van der Waals surface area contributed by atoms with Gasteiger partial charge in [-0.2, -0.15) is 0 Å². The number of benzene rings is 1. The Balaban J connectivity index is 2.80. The highest BCUT2D eigenvalue weighted by Gasteiger charge is 2.19. The van der Waals surface area contributed by atoms with Crippen LogP contribution in [0.4, 0.5) is 9.18 Å². The van der Waals surface area contributed by atoms with E-state index in [1.807, 2.05) is 0 Å². The average molecular weight is 265 g/mol. The van der Waals surface area contributed by atoms with Gasteiger partial charge in [-0.15, -0.1) is 0 Å². The summed E-state index contributed by atoms with van der Waals surface area (Å²) in [5.41, 5.74) is 0.628. The molecule has 1 unspecified atom stereocenters. The maximum Gasteiger partial charge on any atom is 0.408 e. The number of amides is 1. The lowest BCUT2D eigenvalue weighted by molar-refractivity contribution is 0.0507. The summed E-state index contributed by atoms with van der Waals surface area (Å²) in [5.74, 6) is -0.367. The summed E-state index contributed by atoms with van der Waals surface area (Å²) in [7, 11) is 0. The monoisotopic (exact) mass is 265 g/mol. The van der Waals surface area contributed by atoms with Gasteiger partial charge in [-0.25, -0.2) is 9.18 Å². The highest BCUT2D eigenvalue weighted by Crippen LogP contribution is 2.19. The van der Waals surface area contributed by atoms with Gasteiger partial charge in [0.05, 0.1) is 6.04 Å². The molecule has 104 valence electrons. The van der Waals surface area contributed by atoms with Crippen molar-refractivity contribution < 1.29 is 13.9 Å². The number of alkyl carbamates (subject to hydrolysis) is 1. The van der Waals surface area contributed by atoms with Crippen LogP contribution in [0.5, 0.6) is 0 Å². The zero-order valence-electron chi connectivity index (χ0n) is 11.8. The summed E-state index contributed by atoms with van der Waals surface area (Å²) in [6, 6.07) is 4.17. The molecule has 0 aliphatic heterocycles. The van der Waals surface area contributed by atoms with Crippen molar-refractivity contribution in [3.8, 4) is 0 Å². The first kappa shape index (κ1) is 15.2. The molecule has 1 aromatic carbocycles. The molecular weight excluding hydrogens is 245 g/mol. The third kappa shape index (κ3) is 4.73. The van der Waals surface area contributed by atoms with Crippen LogP contribution in [0.25, 0.3) is 6.08 Å². The summed E-state index contributed by atoms with van der Waals surface area (Å²) >= 11 is 0. The quantitative estimate of drug-likeness (QED) is 0.895. The maximum atomic E-state index is 13.7. The predicted octanol–water partition coefficient (Wildman–Crippen LogP) is 4.05. The van der Waals surface area contributed by atoms with Crippen LogP contribution in [0.2, 0.25) is 0 Å². The van der Waals surface area contributed by atoms with E-state index < -0.39 is 17.7 Å². The standard InChI is InChI=1S/C15H20FNO2/c1-6-11-7-8-13(16)12(9-11)10(2)17-14(18)19-15(3,4)5/h6-10H,1H2,2-5H3,(H,17,18). The van der Waals surface area contributed by atoms with E-state index in [1.165, 1.54) is 6.07 Å². The number of halogens is 1. The molecule has 0 bridgehead atoms. The van der Waals surface area contributed by atoms with Crippen molar-refractivity contribution in [2.24, 2.45) is 0 Å². The molecule has 19 heavy (non-hydrogen) atoms. The highest BCUT2D eigenvalue weighted by molar-refractivity contribution is 5.68. The highest BCUT2D eigenvalue weighted by atomic mass is 19.1. The molecule has 1 N–H and O–H groups in total. The molecule has 1 atom stereocenters. The van der Waals surface area contributed by atoms with E-state index in [0.29, 0.717) is 5.56 Å². The van der Waals surface area contributed by atoms with Gasteiger partial charge >= 0.3 is 6.09 Å². The first-order valence-corrected chi connectivity index (χ1v) is 6.14. The molecule has 3 nitrogen and oxygen atoms in total. The minimum atomic E-state index is -0.578. The Labute approximate surface area is 113 Å². The molecule has 0 heterocycles. The van der Waals surface area contributed by atoms with Gasteiger partial charge < -0.3 is 10.1 Å². The summed E-state index contributed by atoms with van der Waals surface area (Å²) in [4.78, 5) is 11.6. The Morgan fingerprint density at radius 3 is 2.63 bits per heavy atom. The number of hydrogen-bond acceptors (Lipinski definition) is 2. The third-order valence-electron chi connectivity index (χ3n) is 2.46. The number of carbonyl (C=O) groups is 1. The second-order valence-electron chi connectivity index (χ2n) is 5.35. The Bertz CT molecular complexity index is 478. The normalized spacial score (nSPS) is 12.7. The van der Waals surface area contributed by atoms with E-state index in [4.69, 9.17) is 4.74 Å². The van der Waals surface area contributed by atoms with Gasteiger partial charge in [0.25, 0.3) is 0 Å². The van der Waals surface area contributed by atoms with Gasteiger partial charge in [-0.05, 0) is 45.4 Å². The second-order valence-corrected chi connectivity index (χ2v) is 5.35. The van der Waals surface area contributed by atoms with E-state index in [0.717, 1.165) is 5.56 Å². The Hall–Kier alpha value is -1.84. The molecule has 0 aromatic heterocycles. The van der Waals surface area contributed by atoms with Crippen LogP contribution in [0, 0.1) is 5.82 Å². The minimum Gasteiger partial charge on any atom is -0.444 e. The largest absolute Gasteiger partial charge is 0.444 e. The second kappa shape index (κ2) is 5.87. The average Bonchev–Trinajstić information content (AvgIpc) is 2.26. The smallest absolute Gasteiger partial charge is 0.408 e. The van der Waals surface area contributed by atoms with Gasteiger partial charge in [-0.1, -0.05) is 18.7 Å². The van der Waals surface area contributed by atoms with Crippen LogP contribution in [-0.4, -0.2) is 11.7 Å². The third-order valence-corrected chi connectivity index (χ3v) is 2.46. The van der Waals surface area contributed by atoms with E-state index >= 15 is 0 Å². The number of nitrogens with one attached hydrogen (secondary N) is 1. The molecule has 1 rings (SSSR count). The molecule has 0 aliphatic carbocycles. The molecule has 0 saturated heterocycles. The molecule has 0 spiro atoms. The zero-order chi connectivity index (χ0) is 14.6. The topological polar surface area (TPSA) is 38.3 Å². The zero-order valence-corrected chi connectivity index (χ0v) is 11.8. The van der Waals surface area contributed by atoms with Crippen molar-refractivity contribution in [2.75, 3.05) is 0 Å². The van der Waals surface area contributed by atoms with Gasteiger partial charge in [0, 0.05) is 5.56 Å². The van der Waals surface area contributed by atoms with Crippen molar-refractivity contribution in [1.29, 1.82) is 0 Å². The van der Waals surface area contributed by atoms with Gasteiger partial charge in [-0.3, -0.25) is 0 Å². The molecule has 0 radical (unpaired) electrons. The Kier molecular flexibility index (Phi) is 4.70. The van der Waals surface area contributed by atoms with Gasteiger partial charge in [0.2, 0.25) is 0 Å². The molecule has 0 aliphatic rings. The van der Waals surface area contributed by atoms with Crippen molar-refractivity contribution in [3.05, 3.63) is 41.7 Å². The van der Waals surface area contributed by atoms with E-state index in [-0.39, 0.29) is 5.82 Å². The lowest BCUT2D eigenvalue weighted by atomic mass is 10.0. The van der Waals surface area contributed by atoms with Crippen LogP contribution in [0.15, 0.2) is 24.8 Å². The summed E-state index contributed by atoms with van der Waals surface area (Å²) < 4.78 is 18.9. The molecule has 0 fully saturated rings. The van der Waals surface area contributed by atoms with Crippen LogP contribution >= 0.6 is 0 Å². The number of hydrogen-bond donors (Lipinski definition) is 1. The molecular formula is C15H20FNO2. The maximum absolute atomic E-state index is 13.7. The van der Waals surface area contributed by atoms with Crippen LogP contribution in [0.1, 0.15) is 44.9 Å². The van der Waals surface area contributed by atoms with E-state index in [2.05, 4.69) is 11.9 Å². The lowest BCUT2D eigenvalue weighted by Crippen LogP contribution is -2.34. The summed E-state index contributed by atoms with van der Waals surface area (Å²) in [6.45, 7) is 10.7. The molecule has 0 saturated carbocycles. The Morgan fingerprint density at radius 1 is 1.47 bits per heavy atom. The first-order chi connectivity index (χ1) is 8.73.